The molecule has 27 heavy (non-hydrogen) atoms. The van der Waals surface area contributed by atoms with E-state index in [1.165, 1.54) is 11.1 Å². The van der Waals surface area contributed by atoms with Gasteiger partial charge >= 0.3 is 0 Å². The van der Waals surface area contributed by atoms with Gasteiger partial charge in [0.05, 0.1) is 19.3 Å². The van der Waals surface area contributed by atoms with Crippen molar-refractivity contribution in [2.24, 2.45) is 0 Å². The lowest BCUT2D eigenvalue weighted by Crippen LogP contribution is -2.44. The van der Waals surface area contributed by atoms with Crippen molar-refractivity contribution >= 4 is 5.91 Å². The number of hydrogen-bond acceptors (Lipinski definition) is 5. The molecule has 1 atom stereocenters. The maximum atomic E-state index is 12.8. The number of nitrogens with zero attached hydrogens (tertiary/aromatic N) is 2. The number of fused-ring (bicyclic) bond motifs is 1. The van der Waals surface area contributed by atoms with E-state index in [9.17, 15) is 4.79 Å². The van der Waals surface area contributed by atoms with Crippen LogP contribution in [0.1, 0.15) is 38.9 Å². The van der Waals surface area contributed by atoms with Gasteiger partial charge in [0.25, 0.3) is 5.91 Å². The summed E-state index contributed by atoms with van der Waals surface area (Å²) in [6, 6.07) is 8.65. The first kappa shape index (κ1) is 18.2. The maximum absolute atomic E-state index is 12.8. The third-order valence-corrected chi connectivity index (χ3v) is 5.39. The van der Waals surface area contributed by atoms with Crippen LogP contribution in [0.15, 0.2) is 24.3 Å². The number of rotatable bonds is 5. The number of aromatic amines is 1. The first-order chi connectivity index (χ1) is 13.2. The van der Waals surface area contributed by atoms with Crippen LogP contribution in [0.2, 0.25) is 0 Å². The van der Waals surface area contributed by atoms with Crippen LogP contribution in [-0.4, -0.2) is 60.4 Å². The first-order valence-corrected chi connectivity index (χ1v) is 9.66. The molecule has 1 saturated heterocycles. The van der Waals surface area contributed by atoms with Gasteiger partial charge in [-0.25, -0.2) is 0 Å². The Morgan fingerprint density at radius 3 is 3.04 bits per heavy atom. The van der Waals surface area contributed by atoms with E-state index in [1.54, 1.807) is 0 Å². The molecule has 7 nitrogen and oxygen atoms in total. The predicted octanol–water partition coefficient (Wildman–Crippen LogP) is 1.17. The quantitative estimate of drug-likeness (QED) is 0.737. The Morgan fingerprint density at radius 2 is 2.22 bits per heavy atom. The zero-order valence-electron chi connectivity index (χ0n) is 15.8. The molecule has 2 aromatic rings. The molecule has 144 valence electrons. The highest BCUT2D eigenvalue weighted by Crippen LogP contribution is 2.23. The third-order valence-electron chi connectivity index (χ3n) is 5.39. The van der Waals surface area contributed by atoms with Crippen LogP contribution in [0.4, 0.5) is 0 Å². The molecule has 2 aliphatic heterocycles. The van der Waals surface area contributed by atoms with Gasteiger partial charge in [0.2, 0.25) is 0 Å². The summed E-state index contributed by atoms with van der Waals surface area (Å²) in [5, 5.41) is 13.7. The summed E-state index contributed by atoms with van der Waals surface area (Å²) in [4.78, 5) is 15.2. The summed E-state index contributed by atoms with van der Waals surface area (Å²) in [6.07, 6.45) is 0.884. The number of carbonyl (C=O) groups excluding carboxylic acids is 1. The van der Waals surface area contributed by atoms with Crippen molar-refractivity contribution in [2.75, 3.05) is 39.4 Å². The second kappa shape index (κ2) is 8.21. The van der Waals surface area contributed by atoms with Gasteiger partial charge in [0.1, 0.15) is 0 Å². The van der Waals surface area contributed by atoms with Gasteiger partial charge in [-0.05, 0) is 12.5 Å². The molecular weight excluding hydrogens is 342 g/mol. The Balaban J connectivity index is 1.49. The van der Waals surface area contributed by atoms with Crippen molar-refractivity contribution in [3.05, 3.63) is 52.3 Å². The normalized spacial score (nSPS) is 18.7. The number of amides is 1. The molecule has 3 heterocycles. The first-order valence-electron chi connectivity index (χ1n) is 9.66. The Labute approximate surface area is 159 Å². The summed E-state index contributed by atoms with van der Waals surface area (Å²) in [5.74, 6) is -0.109. The standard InChI is InChI=1S/C20H27N5O2/c1-14-3-2-4-15(11-14)18(25-7-9-27-10-8-25)13-22-20(26)19-16-12-21-6-5-17(16)23-24-19/h2-4,11,18,21H,5-10,12-13H2,1H3,(H,22,26)(H,23,24). The third kappa shape index (κ3) is 4.05. The van der Waals surface area contributed by atoms with Crippen LogP contribution in [-0.2, 0) is 17.7 Å². The average molecular weight is 369 g/mol. The number of carbonyl (C=O) groups is 1. The maximum Gasteiger partial charge on any atom is 0.272 e. The fourth-order valence-electron chi connectivity index (χ4n) is 3.91. The summed E-state index contributed by atoms with van der Waals surface area (Å²) in [6.45, 7) is 7.47. The fraction of sp³-hybridized carbons (Fsp3) is 0.500. The van der Waals surface area contributed by atoms with Gasteiger partial charge in [-0.1, -0.05) is 29.8 Å². The molecule has 4 rings (SSSR count). The van der Waals surface area contributed by atoms with E-state index in [-0.39, 0.29) is 11.9 Å². The van der Waals surface area contributed by atoms with Crippen molar-refractivity contribution in [1.29, 1.82) is 0 Å². The molecule has 0 radical (unpaired) electrons. The van der Waals surface area contributed by atoms with Gasteiger partial charge in [-0.3, -0.25) is 14.8 Å². The van der Waals surface area contributed by atoms with E-state index >= 15 is 0 Å². The number of ether oxygens (including phenoxy) is 1. The zero-order chi connectivity index (χ0) is 18.6. The van der Waals surface area contributed by atoms with E-state index in [4.69, 9.17) is 4.74 Å². The number of H-pyrrole nitrogens is 1. The van der Waals surface area contributed by atoms with Crippen molar-refractivity contribution in [2.45, 2.75) is 25.9 Å². The van der Waals surface area contributed by atoms with Crippen molar-refractivity contribution < 1.29 is 9.53 Å². The lowest BCUT2D eigenvalue weighted by molar-refractivity contribution is 0.0162. The van der Waals surface area contributed by atoms with Crippen LogP contribution in [0.5, 0.6) is 0 Å². The molecule has 1 amide bonds. The van der Waals surface area contributed by atoms with Crippen LogP contribution >= 0.6 is 0 Å². The monoisotopic (exact) mass is 369 g/mol. The van der Waals surface area contributed by atoms with E-state index in [0.717, 1.165) is 50.5 Å². The van der Waals surface area contributed by atoms with Gasteiger partial charge < -0.3 is 15.4 Å². The molecule has 1 fully saturated rings. The zero-order valence-corrected chi connectivity index (χ0v) is 15.8. The van der Waals surface area contributed by atoms with Crippen molar-refractivity contribution in [3.8, 4) is 0 Å². The smallest absolute Gasteiger partial charge is 0.272 e. The summed E-state index contributed by atoms with van der Waals surface area (Å²) in [7, 11) is 0. The predicted molar refractivity (Wildman–Crippen MR) is 103 cm³/mol. The molecule has 7 heteroatoms. The van der Waals surface area contributed by atoms with Crippen LogP contribution in [0.3, 0.4) is 0 Å². The molecular formula is C20H27N5O2. The van der Waals surface area contributed by atoms with E-state index < -0.39 is 0 Å². The topological polar surface area (TPSA) is 82.3 Å². The van der Waals surface area contributed by atoms with E-state index in [1.807, 2.05) is 0 Å². The number of hydrogen-bond donors (Lipinski definition) is 3. The largest absolute Gasteiger partial charge is 0.379 e. The summed E-state index contributed by atoms with van der Waals surface area (Å²) in [5.41, 5.74) is 5.04. The summed E-state index contributed by atoms with van der Waals surface area (Å²) >= 11 is 0. The molecule has 3 N–H and O–H groups in total. The highest BCUT2D eigenvalue weighted by atomic mass is 16.5. The number of benzene rings is 1. The molecule has 1 aromatic carbocycles. The van der Waals surface area contributed by atoms with Gasteiger partial charge in [0.15, 0.2) is 5.69 Å². The van der Waals surface area contributed by atoms with Gasteiger partial charge in [0, 0.05) is 50.4 Å². The minimum absolute atomic E-state index is 0.109. The molecule has 0 saturated carbocycles. The number of aryl methyl sites for hydroxylation is 1. The average Bonchev–Trinajstić information content (AvgIpc) is 3.13. The highest BCUT2D eigenvalue weighted by molar-refractivity contribution is 5.94. The molecule has 1 unspecified atom stereocenters. The van der Waals surface area contributed by atoms with Crippen LogP contribution < -0.4 is 10.6 Å². The van der Waals surface area contributed by atoms with E-state index in [0.29, 0.717) is 18.8 Å². The number of morpholine rings is 1. The highest BCUT2D eigenvalue weighted by Gasteiger charge is 2.26. The van der Waals surface area contributed by atoms with Gasteiger partial charge in [-0.15, -0.1) is 0 Å². The summed E-state index contributed by atoms with van der Waals surface area (Å²) < 4.78 is 5.51. The number of aromatic nitrogens is 2. The van der Waals surface area contributed by atoms with Crippen LogP contribution in [0, 0.1) is 6.92 Å². The Bertz CT molecular complexity index is 797. The lowest BCUT2D eigenvalue weighted by atomic mass is 10.0. The van der Waals surface area contributed by atoms with Crippen LogP contribution in [0.25, 0.3) is 0 Å². The number of nitrogens with one attached hydrogen (secondary N) is 3. The lowest BCUT2D eigenvalue weighted by Gasteiger charge is -2.35. The van der Waals surface area contributed by atoms with Gasteiger partial charge in [-0.2, -0.15) is 5.10 Å². The SMILES string of the molecule is Cc1cccc(C(CNC(=O)c2n[nH]c3c2CNCC3)N2CCOCC2)c1. The Kier molecular flexibility index (Phi) is 5.52. The van der Waals surface area contributed by atoms with Crippen molar-refractivity contribution in [1.82, 2.24) is 25.7 Å². The molecule has 2 aliphatic rings. The minimum Gasteiger partial charge on any atom is -0.379 e. The Hall–Kier alpha value is -2.22. The molecule has 1 aromatic heterocycles. The molecule has 0 aliphatic carbocycles. The second-order valence-electron chi connectivity index (χ2n) is 7.24. The second-order valence-corrected chi connectivity index (χ2v) is 7.24. The minimum atomic E-state index is -0.109. The van der Waals surface area contributed by atoms with E-state index in [2.05, 4.69) is 56.9 Å². The Morgan fingerprint density at radius 1 is 1.37 bits per heavy atom. The molecule has 0 spiro atoms. The van der Waals surface area contributed by atoms with Crippen molar-refractivity contribution in [3.63, 3.8) is 0 Å². The fourth-order valence-corrected chi connectivity index (χ4v) is 3.91. The molecule has 0 bridgehead atoms.